The molecule has 7 heteroatoms. The van der Waals surface area contributed by atoms with Crippen LogP contribution < -0.4 is 11.1 Å². The third-order valence-corrected chi connectivity index (χ3v) is 3.69. The zero-order valence-corrected chi connectivity index (χ0v) is 11.7. The molecule has 1 aromatic rings. The van der Waals surface area contributed by atoms with Gasteiger partial charge in [0.15, 0.2) is 0 Å². The van der Waals surface area contributed by atoms with E-state index in [4.69, 9.17) is 10.8 Å². The molecule has 1 amide bonds. The van der Waals surface area contributed by atoms with E-state index >= 15 is 0 Å². The van der Waals surface area contributed by atoms with E-state index in [0.717, 1.165) is 12.8 Å². The molecule has 0 radical (unpaired) electrons. The number of aliphatic hydroxyl groups excluding tert-OH is 1. The van der Waals surface area contributed by atoms with Crippen LogP contribution in [0.1, 0.15) is 50.3 Å². The number of nitrogens with zero attached hydrogens (tertiary/aromatic N) is 3. The number of nitrogens with one attached hydrogen (secondary N) is 1. The van der Waals surface area contributed by atoms with Crippen molar-refractivity contribution in [3.05, 3.63) is 11.9 Å². The van der Waals surface area contributed by atoms with E-state index in [1.54, 1.807) is 10.9 Å². The lowest BCUT2D eigenvalue weighted by molar-refractivity contribution is -0.120. The lowest BCUT2D eigenvalue weighted by Gasteiger charge is -2.26. The topological polar surface area (TPSA) is 106 Å². The van der Waals surface area contributed by atoms with Crippen LogP contribution in [0.3, 0.4) is 0 Å². The van der Waals surface area contributed by atoms with Crippen molar-refractivity contribution in [1.82, 2.24) is 20.3 Å². The fraction of sp³-hybridized carbons (Fsp3) is 0.769. The molecule has 1 heterocycles. The number of nitrogens with two attached hydrogens (primary N) is 1. The Morgan fingerprint density at radius 3 is 2.90 bits per heavy atom. The Labute approximate surface area is 118 Å². The van der Waals surface area contributed by atoms with E-state index in [-0.39, 0.29) is 6.61 Å². The monoisotopic (exact) mass is 281 g/mol. The largest absolute Gasteiger partial charge is 0.396 e. The molecule has 0 saturated heterocycles. The first-order valence-corrected chi connectivity index (χ1v) is 7.27. The Morgan fingerprint density at radius 2 is 2.25 bits per heavy atom. The quantitative estimate of drug-likeness (QED) is 0.657. The third kappa shape index (κ3) is 4.01. The number of carbonyl (C=O) groups is 1. The van der Waals surface area contributed by atoms with Crippen LogP contribution in [0.2, 0.25) is 0 Å². The van der Waals surface area contributed by atoms with Gasteiger partial charge < -0.3 is 10.8 Å². The highest BCUT2D eigenvalue weighted by Gasteiger charge is 2.25. The van der Waals surface area contributed by atoms with Crippen LogP contribution in [0.25, 0.3) is 0 Å². The molecule has 1 aliphatic rings. The number of amides is 1. The molecule has 0 spiro atoms. The van der Waals surface area contributed by atoms with Crippen molar-refractivity contribution < 1.29 is 9.90 Å². The predicted molar refractivity (Wildman–Crippen MR) is 73.7 cm³/mol. The van der Waals surface area contributed by atoms with Crippen molar-refractivity contribution in [3.63, 3.8) is 0 Å². The summed E-state index contributed by atoms with van der Waals surface area (Å²) in [5, 5.41) is 20.1. The second-order valence-electron chi connectivity index (χ2n) is 5.32. The number of aromatic nitrogens is 3. The Balaban J connectivity index is 1.99. The van der Waals surface area contributed by atoms with Crippen molar-refractivity contribution in [2.45, 2.75) is 57.2 Å². The second-order valence-corrected chi connectivity index (χ2v) is 5.32. The average molecular weight is 281 g/mol. The summed E-state index contributed by atoms with van der Waals surface area (Å²) in [5.41, 5.74) is 6.03. The number of hydrogen-bond donors (Lipinski definition) is 3. The molecule has 1 fully saturated rings. The summed E-state index contributed by atoms with van der Waals surface area (Å²) >= 11 is 0. The molecule has 1 aliphatic carbocycles. The summed E-state index contributed by atoms with van der Waals surface area (Å²) in [5.74, 6) is -0.426. The second kappa shape index (κ2) is 7.35. The molecule has 0 aliphatic heterocycles. The summed E-state index contributed by atoms with van der Waals surface area (Å²) in [7, 11) is 0. The van der Waals surface area contributed by atoms with Crippen LogP contribution in [0.5, 0.6) is 0 Å². The van der Waals surface area contributed by atoms with Crippen molar-refractivity contribution >= 4 is 5.91 Å². The van der Waals surface area contributed by atoms with E-state index in [2.05, 4.69) is 15.6 Å². The summed E-state index contributed by atoms with van der Waals surface area (Å²) in [6.45, 7) is 0.688. The van der Waals surface area contributed by atoms with Gasteiger partial charge in [0, 0.05) is 19.2 Å². The van der Waals surface area contributed by atoms with Gasteiger partial charge in [0.05, 0.1) is 6.20 Å². The first-order valence-electron chi connectivity index (χ1n) is 7.27. The highest BCUT2D eigenvalue weighted by Crippen LogP contribution is 2.20. The zero-order valence-electron chi connectivity index (χ0n) is 11.7. The van der Waals surface area contributed by atoms with Crippen LogP contribution in [-0.2, 0) is 11.3 Å². The van der Waals surface area contributed by atoms with Gasteiger partial charge >= 0.3 is 0 Å². The Morgan fingerprint density at radius 1 is 1.50 bits per heavy atom. The number of hydrogen-bond acceptors (Lipinski definition) is 5. The van der Waals surface area contributed by atoms with Gasteiger partial charge in [-0.1, -0.05) is 24.5 Å². The fourth-order valence-corrected chi connectivity index (χ4v) is 2.61. The van der Waals surface area contributed by atoms with Gasteiger partial charge in [-0.3, -0.25) is 14.8 Å². The van der Waals surface area contributed by atoms with Crippen LogP contribution >= 0.6 is 0 Å². The molecule has 1 saturated carbocycles. The van der Waals surface area contributed by atoms with Crippen molar-refractivity contribution in [2.24, 2.45) is 5.73 Å². The SMILES string of the molecule is NC(=O)C(NC1CCCCC1)c1cn(CCCO)nn1. The first-order chi connectivity index (χ1) is 9.70. The molecular formula is C13H23N5O2. The van der Waals surface area contributed by atoms with Crippen LogP contribution in [0.4, 0.5) is 0 Å². The lowest BCUT2D eigenvalue weighted by atomic mass is 9.94. The van der Waals surface area contributed by atoms with Gasteiger partial charge in [-0.05, 0) is 19.3 Å². The van der Waals surface area contributed by atoms with Gasteiger partial charge in [-0.2, -0.15) is 0 Å². The minimum atomic E-state index is -0.582. The van der Waals surface area contributed by atoms with Crippen LogP contribution in [0, 0.1) is 0 Å². The maximum Gasteiger partial charge on any atom is 0.240 e. The Hall–Kier alpha value is -1.47. The minimum absolute atomic E-state index is 0.106. The molecule has 0 aromatic carbocycles. The lowest BCUT2D eigenvalue weighted by Crippen LogP contribution is -2.41. The van der Waals surface area contributed by atoms with Gasteiger partial charge in [0.1, 0.15) is 11.7 Å². The molecule has 1 atom stereocenters. The van der Waals surface area contributed by atoms with Gasteiger partial charge in [-0.25, -0.2) is 0 Å². The summed E-state index contributed by atoms with van der Waals surface area (Å²) in [6, 6.07) is -0.259. The van der Waals surface area contributed by atoms with Crippen molar-refractivity contribution in [1.29, 1.82) is 0 Å². The van der Waals surface area contributed by atoms with Crippen molar-refractivity contribution in [2.75, 3.05) is 6.61 Å². The number of rotatable bonds is 7. The molecule has 20 heavy (non-hydrogen) atoms. The number of primary amides is 1. The standard InChI is InChI=1S/C13H23N5O2/c14-13(20)12(15-10-5-2-1-3-6-10)11-9-18(17-16-11)7-4-8-19/h9-10,12,15,19H,1-8H2,(H2,14,20). The summed E-state index contributed by atoms with van der Waals surface area (Å²) < 4.78 is 1.63. The molecule has 7 nitrogen and oxygen atoms in total. The van der Waals surface area contributed by atoms with E-state index in [0.29, 0.717) is 24.7 Å². The summed E-state index contributed by atoms with van der Waals surface area (Å²) in [4.78, 5) is 11.6. The van der Waals surface area contributed by atoms with Crippen molar-refractivity contribution in [3.8, 4) is 0 Å². The number of aliphatic hydroxyl groups is 1. The molecule has 0 bridgehead atoms. The van der Waals surface area contributed by atoms with E-state index in [1.165, 1.54) is 19.3 Å². The van der Waals surface area contributed by atoms with E-state index in [9.17, 15) is 4.79 Å². The highest BCUT2D eigenvalue weighted by molar-refractivity contribution is 5.80. The fourth-order valence-electron chi connectivity index (χ4n) is 2.61. The Kier molecular flexibility index (Phi) is 5.49. The zero-order chi connectivity index (χ0) is 14.4. The molecule has 4 N–H and O–H groups in total. The number of aryl methyl sites for hydroxylation is 1. The van der Waals surface area contributed by atoms with Gasteiger partial charge in [0.2, 0.25) is 5.91 Å². The Bertz CT molecular complexity index is 428. The van der Waals surface area contributed by atoms with Crippen LogP contribution in [0.15, 0.2) is 6.20 Å². The minimum Gasteiger partial charge on any atom is -0.396 e. The normalized spacial score (nSPS) is 18.1. The maximum absolute atomic E-state index is 11.6. The summed E-state index contributed by atoms with van der Waals surface area (Å²) in [6.07, 6.45) is 8.11. The first kappa shape index (κ1) is 14.9. The average Bonchev–Trinajstić information content (AvgIpc) is 2.92. The highest BCUT2D eigenvalue weighted by atomic mass is 16.3. The third-order valence-electron chi connectivity index (χ3n) is 3.69. The predicted octanol–water partition coefficient (Wildman–Crippen LogP) is 0.109. The van der Waals surface area contributed by atoms with Gasteiger partial charge in [-0.15, -0.1) is 5.10 Å². The maximum atomic E-state index is 11.6. The molecular weight excluding hydrogens is 258 g/mol. The molecule has 112 valence electrons. The molecule has 2 rings (SSSR count). The molecule has 1 unspecified atom stereocenters. The smallest absolute Gasteiger partial charge is 0.240 e. The number of carbonyl (C=O) groups excluding carboxylic acids is 1. The van der Waals surface area contributed by atoms with Gasteiger partial charge in [0.25, 0.3) is 0 Å². The molecule has 1 aromatic heterocycles. The van der Waals surface area contributed by atoms with E-state index in [1.807, 2.05) is 0 Å². The van der Waals surface area contributed by atoms with Crippen LogP contribution in [-0.4, -0.2) is 38.7 Å². The van der Waals surface area contributed by atoms with E-state index < -0.39 is 11.9 Å².